The molecule has 12 heteroatoms. The van der Waals surface area contributed by atoms with Crippen molar-refractivity contribution >= 4 is 22.9 Å². The fourth-order valence-electron chi connectivity index (χ4n) is 6.83. The normalized spacial score (nSPS) is 17.0. The first-order valence-corrected chi connectivity index (χ1v) is 17.1. The fraction of sp³-hybridized carbons (Fsp3) is 0.378. The number of pyridine rings is 1. The van der Waals surface area contributed by atoms with E-state index in [-0.39, 0.29) is 18.7 Å². The molecule has 5 heterocycles. The first kappa shape index (κ1) is 32.5. The molecule has 12 nitrogen and oxygen atoms in total. The van der Waals surface area contributed by atoms with Gasteiger partial charge in [0.05, 0.1) is 18.3 Å². The highest BCUT2D eigenvalue weighted by Crippen LogP contribution is 2.36. The van der Waals surface area contributed by atoms with Gasteiger partial charge in [0.2, 0.25) is 0 Å². The Balaban J connectivity index is 1.17. The van der Waals surface area contributed by atoms with Crippen molar-refractivity contribution in [2.75, 3.05) is 39.3 Å². The fourth-order valence-corrected chi connectivity index (χ4v) is 6.83. The number of piperazine rings is 1. The Morgan fingerprint density at radius 1 is 1.04 bits per heavy atom. The van der Waals surface area contributed by atoms with Crippen molar-refractivity contribution in [3.63, 3.8) is 0 Å². The molecule has 0 radical (unpaired) electrons. The van der Waals surface area contributed by atoms with E-state index in [2.05, 4.69) is 50.2 Å². The number of carboxylic acid groups (broad SMARTS) is 1. The summed E-state index contributed by atoms with van der Waals surface area (Å²) in [5, 5.41) is 15.5. The number of hydrogen-bond donors (Lipinski definition) is 2. The predicted molar refractivity (Wildman–Crippen MR) is 186 cm³/mol. The number of carbonyl (C=O) groups is 2. The standard InChI is InChI=1S/C37H42N8O4/c1-3-43(37(47)48)24-28-20-38-21-30(25(28)2)27-12-13-32-29(19-27)34(41-45(32)33-11-7-8-18-49-33)35-39-22-31(40-35)36(46)44-16-14-42(15-17-44)23-26-9-5-4-6-10-26/h4-6,9-10,12-13,19-22,33H,3,7-8,11,14-18,23-24H2,1-2H3,(H,39,40)(H,47,48). The number of fused-ring (bicyclic) bond motifs is 1. The number of carbonyl (C=O) groups excluding carboxylic acids is 1. The van der Waals surface area contributed by atoms with Gasteiger partial charge in [0, 0.05) is 69.2 Å². The van der Waals surface area contributed by atoms with Crippen LogP contribution >= 0.6 is 0 Å². The molecule has 49 heavy (non-hydrogen) atoms. The molecule has 2 N–H and O–H groups in total. The van der Waals surface area contributed by atoms with Gasteiger partial charge in [0.25, 0.3) is 5.91 Å². The number of benzene rings is 2. The van der Waals surface area contributed by atoms with Crippen molar-refractivity contribution in [2.24, 2.45) is 0 Å². The minimum absolute atomic E-state index is 0.0702. The van der Waals surface area contributed by atoms with Gasteiger partial charge in [-0.3, -0.25) is 14.7 Å². The third kappa shape index (κ3) is 6.79. The average molecular weight is 663 g/mol. The van der Waals surface area contributed by atoms with E-state index in [4.69, 9.17) is 9.84 Å². The van der Waals surface area contributed by atoms with E-state index in [1.54, 1.807) is 12.4 Å². The molecule has 0 bridgehead atoms. The summed E-state index contributed by atoms with van der Waals surface area (Å²) < 4.78 is 8.09. The zero-order valence-electron chi connectivity index (χ0n) is 28.0. The van der Waals surface area contributed by atoms with Gasteiger partial charge < -0.3 is 24.6 Å². The van der Waals surface area contributed by atoms with Crippen molar-refractivity contribution in [3.05, 3.63) is 89.5 Å². The largest absolute Gasteiger partial charge is 0.465 e. The number of nitrogens with zero attached hydrogens (tertiary/aromatic N) is 7. The van der Waals surface area contributed by atoms with E-state index in [1.807, 2.05) is 47.8 Å². The Morgan fingerprint density at radius 3 is 2.59 bits per heavy atom. The number of amides is 2. The molecule has 2 aliphatic rings. The number of nitrogens with one attached hydrogen (secondary N) is 1. The van der Waals surface area contributed by atoms with Gasteiger partial charge in [-0.1, -0.05) is 36.4 Å². The van der Waals surface area contributed by atoms with Gasteiger partial charge in [-0.25, -0.2) is 14.5 Å². The van der Waals surface area contributed by atoms with Gasteiger partial charge >= 0.3 is 6.09 Å². The van der Waals surface area contributed by atoms with Gasteiger partial charge in [-0.05, 0) is 67.5 Å². The lowest BCUT2D eigenvalue weighted by Crippen LogP contribution is -2.48. The second kappa shape index (κ2) is 14.2. The van der Waals surface area contributed by atoms with Crippen LogP contribution < -0.4 is 0 Å². The Hall–Kier alpha value is -5.07. The number of rotatable bonds is 9. The lowest BCUT2D eigenvalue weighted by atomic mass is 9.97. The molecule has 1 unspecified atom stereocenters. The second-order valence-electron chi connectivity index (χ2n) is 12.8. The van der Waals surface area contributed by atoms with E-state index in [1.165, 1.54) is 10.5 Å². The molecule has 2 aromatic carbocycles. The summed E-state index contributed by atoms with van der Waals surface area (Å²) in [4.78, 5) is 43.4. The average Bonchev–Trinajstić information content (AvgIpc) is 3.77. The highest BCUT2D eigenvalue weighted by atomic mass is 16.5. The molecule has 2 fully saturated rings. The lowest BCUT2D eigenvalue weighted by molar-refractivity contribution is -0.0365. The second-order valence-corrected chi connectivity index (χ2v) is 12.8. The summed E-state index contributed by atoms with van der Waals surface area (Å²) in [5.74, 6) is 0.450. The number of aromatic nitrogens is 5. The van der Waals surface area contributed by atoms with E-state index < -0.39 is 6.09 Å². The summed E-state index contributed by atoms with van der Waals surface area (Å²) >= 11 is 0. The Bertz CT molecular complexity index is 1940. The van der Waals surface area contributed by atoms with E-state index in [0.717, 1.165) is 72.1 Å². The molecule has 0 aliphatic carbocycles. The summed E-state index contributed by atoms with van der Waals surface area (Å²) in [7, 11) is 0. The number of hydrogen-bond acceptors (Lipinski definition) is 7. The smallest absolute Gasteiger partial charge is 0.407 e. The molecule has 0 saturated carbocycles. The van der Waals surface area contributed by atoms with Crippen LogP contribution in [0.1, 0.15) is 59.6 Å². The van der Waals surface area contributed by atoms with E-state index in [9.17, 15) is 14.7 Å². The SMILES string of the molecule is CCN(Cc1cncc(-c2ccc3c(c2)c(-c2ncc(C(=O)N4CCN(Cc5ccccc5)CC4)[nH]2)nn3C2CCCCO2)c1C)C(=O)O. The molecule has 0 spiro atoms. The summed E-state index contributed by atoms with van der Waals surface area (Å²) in [6.45, 7) is 8.93. The number of H-pyrrole nitrogens is 1. The summed E-state index contributed by atoms with van der Waals surface area (Å²) in [5.41, 5.74) is 6.92. The van der Waals surface area contributed by atoms with Gasteiger partial charge in [0.15, 0.2) is 12.1 Å². The Kier molecular flexibility index (Phi) is 9.41. The third-order valence-electron chi connectivity index (χ3n) is 9.72. The van der Waals surface area contributed by atoms with Crippen LogP contribution in [0.2, 0.25) is 0 Å². The van der Waals surface area contributed by atoms with Crippen molar-refractivity contribution in [1.29, 1.82) is 0 Å². The topological polar surface area (TPSA) is 133 Å². The molecule has 2 saturated heterocycles. The molecular weight excluding hydrogens is 620 g/mol. The minimum Gasteiger partial charge on any atom is -0.465 e. The zero-order valence-corrected chi connectivity index (χ0v) is 28.0. The monoisotopic (exact) mass is 662 g/mol. The number of imidazole rings is 1. The van der Waals surface area contributed by atoms with Crippen LogP contribution in [-0.4, -0.2) is 95.9 Å². The molecule has 1 atom stereocenters. The molecule has 2 amide bonds. The highest BCUT2D eigenvalue weighted by Gasteiger charge is 2.27. The lowest BCUT2D eigenvalue weighted by Gasteiger charge is -2.34. The highest BCUT2D eigenvalue weighted by molar-refractivity contribution is 5.97. The van der Waals surface area contributed by atoms with Crippen LogP contribution in [0.25, 0.3) is 33.5 Å². The predicted octanol–water partition coefficient (Wildman–Crippen LogP) is 5.95. The maximum absolute atomic E-state index is 13.6. The zero-order chi connectivity index (χ0) is 33.9. The summed E-state index contributed by atoms with van der Waals surface area (Å²) in [6.07, 6.45) is 6.94. The van der Waals surface area contributed by atoms with Crippen molar-refractivity contribution in [1.82, 2.24) is 39.4 Å². The quantitative estimate of drug-likeness (QED) is 0.198. The van der Waals surface area contributed by atoms with Crippen molar-refractivity contribution in [3.8, 4) is 22.6 Å². The van der Waals surface area contributed by atoms with Crippen LogP contribution in [0.3, 0.4) is 0 Å². The first-order valence-electron chi connectivity index (χ1n) is 17.1. The van der Waals surface area contributed by atoms with Crippen LogP contribution in [-0.2, 0) is 17.8 Å². The molecule has 254 valence electrons. The minimum atomic E-state index is -0.961. The first-order chi connectivity index (χ1) is 23.9. The van der Waals surface area contributed by atoms with Crippen LogP contribution in [0, 0.1) is 6.92 Å². The van der Waals surface area contributed by atoms with E-state index >= 15 is 0 Å². The molecule has 7 rings (SSSR count). The maximum atomic E-state index is 13.6. The van der Waals surface area contributed by atoms with Crippen LogP contribution in [0.15, 0.2) is 67.1 Å². The number of aromatic amines is 1. The molecular formula is C37H42N8O4. The van der Waals surface area contributed by atoms with Crippen molar-refractivity contribution in [2.45, 2.75) is 52.4 Å². The van der Waals surface area contributed by atoms with Gasteiger partial charge in [0.1, 0.15) is 11.4 Å². The maximum Gasteiger partial charge on any atom is 0.407 e. The summed E-state index contributed by atoms with van der Waals surface area (Å²) in [6, 6.07) is 16.6. The van der Waals surface area contributed by atoms with Crippen LogP contribution in [0.4, 0.5) is 4.79 Å². The molecule has 3 aromatic heterocycles. The molecule has 5 aromatic rings. The molecule has 2 aliphatic heterocycles. The third-order valence-corrected chi connectivity index (χ3v) is 9.72. The van der Waals surface area contributed by atoms with Crippen molar-refractivity contribution < 1.29 is 19.4 Å². The van der Waals surface area contributed by atoms with E-state index in [0.29, 0.717) is 43.5 Å². The van der Waals surface area contributed by atoms with Gasteiger partial charge in [-0.15, -0.1) is 0 Å². The van der Waals surface area contributed by atoms with Gasteiger partial charge in [-0.2, -0.15) is 5.10 Å². The Labute approximate surface area is 285 Å². The Morgan fingerprint density at radius 2 is 1.86 bits per heavy atom. The van der Waals surface area contributed by atoms with Crippen LogP contribution in [0.5, 0.6) is 0 Å². The number of ether oxygens (including phenoxy) is 1.